The van der Waals surface area contributed by atoms with Crippen LogP contribution in [0, 0.1) is 0 Å². The van der Waals surface area contributed by atoms with E-state index >= 15 is 0 Å². The van der Waals surface area contributed by atoms with Crippen molar-refractivity contribution in [1.29, 1.82) is 0 Å². The Morgan fingerprint density at radius 3 is 2.42 bits per heavy atom. The van der Waals surface area contributed by atoms with Crippen LogP contribution in [-0.2, 0) is 0 Å². The SMILES string of the molecule is CCN(CC)C(N)=NCC(c1ccco1)N(C)C.I. The lowest BCUT2D eigenvalue weighted by atomic mass is 10.2. The number of halogens is 1. The van der Waals surface area contributed by atoms with Crippen LogP contribution >= 0.6 is 24.0 Å². The zero-order chi connectivity index (χ0) is 13.5. The highest BCUT2D eigenvalue weighted by atomic mass is 127. The Labute approximate surface area is 132 Å². The summed E-state index contributed by atoms with van der Waals surface area (Å²) in [4.78, 5) is 8.58. The van der Waals surface area contributed by atoms with Gasteiger partial charge in [0.25, 0.3) is 0 Å². The topological polar surface area (TPSA) is 58.0 Å². The molecule has 0 fully saturated rings. The Hall–Kier alpha value is -0.760. The van der Waals surface area contributed by atoms with E-state index in [1.54, 1.807) is 6.26 Å². The van der Waals surface area contributed by atoms with Gasteiger partial charge in [-0.2, -0.15) is 0 Å². The number of hydrogen-bond donors (Lipinski definition) is 1. The second kappa shape index (κ2) is 9.19. The first kappa shape index (κ1) is 18.2. The molecule has 0 saturated heterocycles. The largest absolute Gasteiger partial charge is 0.468 e. The molecule has 0 aliphatic carbocycles. The molecule has 0 amide bonds. The summed E-state index contributed by atoms with van der Waals surface area (Å²) in [6.45, 7) is 6.49. The van der Waals surface area contributed by atoms with Crippen molar-refractivity contribution in [2.24, 2.45) is 10.7 Å². The Kier molecular flexibility index (Phi) is 8.82. The Morgan fingerprint density at radius 2 is 2.00 bits per heavy atom. The van der Waals surface area contributed by atoms with Crippen LogP contribution in [0.4, 0.5) is 0 Å². The average Bonchev–Trinajstić information content (AvgIpc) is 2.84. The first-order valence-corrected chi connectivity index (χ1v) is 6.34. The maximum Gasteiger partial charge on any atom is 0.191 e. The summed E-state index contributed by atoms with van der Waals surface area (Å²) in [6, 6.07) is 3.98. The van der Waals surface area contributed by atoms with Gasteiger partial charge in [0.05, 0.1) is 18.8 Å². The molecule has 19 heavy (non-hydrogen) atoms. The minimum atomic E-state index is 0. The van der Waals surface area contributed by atoms with Gasteiger partial charge in [0, 0.05) is 13.1 Å². The van der Waals surface area contributed by atoms with E-state index in [1.807, 2.05) is 31.1 Å². The van der Waals surface area contributed by atoms with Crippen molar-refractivity contribution in [2.45, 2.75) is 19.9 Å². The molecule has 0 radical (unpaired) electrons. The fraction of sp³-hybridized carbons (Fsp3) is 0.615. The zero-order valence-electron chi connectivity index (χ0n) is 12.2. The molecule has 1 heterocycles. The van der Waals surface area contributed by atoms with Gasteiger partial charge in [-0.15, -0.1) is 24.0 Å². The number of furan rings is 1. The molecule has 1 unspecified atom stereocenters. The Morgan fingerprint density at radius 1 is 1.37 bits per heavy atom. The molecule has 0 aliphatic heterocycles. The number of likely N-dealkylation sites (N-methyl/N-ethyl adjacent to an activating group) is 1. The van der Waals surface area contributed by atoms with E-state index in [0.717, 1.165) is 18.8 Å². The second-order valence-electron chi connectivity index (χ2n) is 4.37. The van der Waals surface area contributed by atoms with Crippen LogP contribution in [0.15, 0.2) is 27.8 Å². The highest BCUT2D eigenvalue weighted by Crippen LogP contribution is 2.18. The molecule has 0 aromatic carbocycles. The monoisotopic (exact) mass is 380 g/mol. The maximum absolute atomic E-state index is 5.97. The number of rotatable bonds is 6. The average molecular weight is 380 g/mol. The van der Waals surface area contributed by atoms with Gasteiger partial charge in [0.1, 0.15) is 5.76 Å². The van der Waals surface area contributed by atoms with E-state index in [4.69, 9.17) is 10.2 Å². The van der Waals surface area contributed by atoms with Crippen molar-refractivity contribution in [2.75, 3.05) is 33.7 Å². The van der Waals surface area contributed by atoms with Gasteiger partial charge in [-0.25, -0.2) is 0 Å². The van der Waals surface area contributed by atoms with Gasteiger partial charge in [0.15, 0.2) is 5.96 Å². The summed E-state index contributed by atoms with van der Waals surface area (Å²) in [5.41, 5.74) is 5.97. The molecule has 1 atom stereocenters. The quantitative estimate of drug-likeness (QED) is 0.467. The first-order chi connectivity index (χ1) is 8.60. The van der Waals surface area contributed by atoms with Gasteiger partial charge in [-0.1, -0.05) is 0 Å². The molecule has 0 spiro atoms. The molecule has 0 bridgehead atoms. The van der Waals surface area contributed by atoms with E-state index < -0.39 is 0 Å². The van der Waals surface area contributed by atoms with Gasteiger partial charge in [-0.05, 0) is 40.1 Å². The van der Waals surface area contributed by atoms with Crippen LogP contribution in [0.25, 0.3) is 0 Å². The third-order valence-electron chi connectivity index (χ3n) is 3.01. The lowest BCUT2D eigenvalue weighted by molar-refractivity contribution is 0.264. The third-order valence-corrected chi connectivity index (χ3v) is 3.01. The van der Waals surface area contributed by atoms with Crippen molar-refractivity contribution in [3.05, 3.63) is 24.2 Å². The molecule has 110 valence electrons. The Bertz CT molecular complexity index is 361. The Balaban J connectivity index is 0.00000324. The number of guanidine groups is 1. The molecule has 6 heteroatoms. The van der Waals surface area contributed by atoms with E-state index in [1.165, 1.54) is 0 Å². The summed E-state index contributed by atoms with van der Waals surface area (Å²) in [5, 5.41) is 0. The molecular formula is C13H25IN4O. The van der Waals surface area contributed by atoms with E-state index in [2.05, 4.69) is 23.7 Å². The number of hydrogen-bond acceptors (Lipinski definition) is 3. The minimum Gasteiger partial charge on any atom is -0.468 e. The van der Waals surface area contributed by atoms with E-state index in [9.17, 15) is 0 Å². The predicted molar refractivity (Wildman–Crippen MR) is 90.0 cm³/mol. The van der Waals surface area contributed by atoms with Crippen LogP contribution in [0.1, 0.15) is 25.6 Å². The fourth-order valence-corrected chi connectivity index (χ4v) is 1.82. The molecule has 5 nitrogen and oxygen atoms in total. The normalized spacial score (nSPS) is 13.2. The number of nitrogens with zero attached hydrogens (tertiary/aromatic N) is 3. The molecule has 1 rings (SSSR count). The van der Waals surface area contributed by atoms with Crippen LogP contribution in [0.2, 0.25) is 0 Å². The minimum absolute atomic E-state index is 0. The third kappa shape index (κ3) is 5.40. The van der Waals surface area contributed by atoms with Crippen LogP contribution in [0.5, 0.6) is 0 Å². The molecule has 0 saturated carbocycles. The number of nitrogens with two attached hydrogens (primary N) is 1. The van der Waals surface area contributed by atoms with Gasteiger partial charge < -0.3 is 15.1 Å². The lowest BCUT2D eigenvalue weighted by Gasteiger charge is -2.23. The summed E-state index contributed by atoms with van der Waals surface area (Å²) < 4.78 is 5.44. The van der Waals surface area contributed by atoms with Crippen molar-refractivity contribution in [3.8, 4) is 0 Å². The summed E-state index contributed by atoms with van der Waals surface area (Å²) in [5.74, 6) is 1.51. The van der Waals surface area contributed by atoms with Crippen molar-refractivity contribution < 1.29 is 4.42 Å². The van der Waals surface area contributed by atoms with Gasteiger partial charge in [-0.3, -0.25) is 9.89 Å². The molecule has 1 aromatic rings. The smallest absolute Gasteiger partial charge is 0.191 e. The van der Waals surface area contributed by atoms with Crippen LogP contribution in [-0.4, -0.2) is 49.5 Å². The first-order valence-electron chi connectivity index (χ1n) is 6.34. The summed E-state index contributed by atoms with van der Waals surface area (Å²) in [7, 11) is 4.02. The van der Waals surface area contributed by atoms with Gasteiger partial charge >= 0.3 is 0 Å². The van der Waals surface area contributed by atoms with Crippen molar-refractivity contribution in [1.82, 2.24) is 9.80 Å². The fourth-order valence-electron chi connectivity index (χ4n) is 1.82. The highest BCUT2D eigenvalue weighted by Gasteiger charge is 2.16. The van der Waals surface area contributed by atoms with E-state index in [0.29, 0.717) is 12.5 Å². The molecule has 2 N–H and O–H groups in total. The van der Waals surface area contributed by atoms with Crippen molar-refractivity contribution >= 4 is 29.9 Å². The highest BCUT2D eigenvalue weighted by molar-refractivity contribution is 14.0. The second-order valence-corrected chi connectivity index (χ2v) is 4.37. The lowest BCUT2D eigenvalue weighted by Crippen LogP contribution is -2.37. The van der Waals surface area contributed by atoms with Crippen LogP contribution in [0.3, 0.4) is 0 Å². The van der Waals surface area contributed by atoms with E-state index in [-0.39, 0.29) is 30.0 Å². The standard InChI is InChI=1S/C13H24N4O.HI/c1-5-17(6-2)13(14)15-10-11(16(3)4)12-8-7-9-18-12;/h7-9,11H,5-6,10H2,1-4H3,(H2,14,15);1H. The molecule has 1 aromatic heterocycles. The predicted octanol–water partition coefficient (Wildman–Crippen LogP) is 2.16. The zero-order valence-corrected chi connectivity index (χ0v) is 14.5. The van der Waals surface area contributed by atoms with Crippen LogP contribution < -0.4 is 5.73 Å². The number of aliphatic imine (C=N–C) groups is 1. The van der Waals surface area contributed by atoms with Gasteiger partial charge in [0.2, 0.25) is 0 Å². The maximum atomic E-state index is 5.97. The molecular weight excluding hydrogens is 355 g/mol. The summed E-state index contributed by atoms with van der Waals surface area (Å²) in [6.07, 6.45) is 1.68. The van der Waals surface area contributed by atoms with Crippen molar-refractivity contribution in [3.63, 3.8) is 0 Å². The summed E-state index contributed by atoms with van der Waals surface area (Å²) >= 11 is 0. The molecule has 0 aliphatic rings.